The van der Waals surface area contributed by atoms with E-state index in [4.69, 9.17) is 22.4 Å². The molecule has 0 spiro atoms. The topological polar surface area (TPSA) is 80.3 Å². The first-order chi connectivity index (χ1) is 19.1. The summed E-state index contributed by atoms with van der Waals surface area (Å²) in [4.78, 5) is 27.8. The number of methoxy groups -OCH3 is 1. The predicted octanol–water partition coefficient (Wildman–Crippen LogP) is 7.99. The number of benzene rings is 2. The van der Waals surface area contributed by atoms with Gasteiger partial charge in [-0.3, -0.25) is 9.59 Å². The highest BCUT2D eigenvalue weighted by molar-refractivity contribution is 6.72. The van der Waals surface area contributed by atoms with Gasteiger partial charge in [-0.2, -0.15) is 0 Å². The molecule has 3 rings (SSSR count). The summed E-state index contributed by atoms with van der Waals surface area (Å²) in [7, 11) is -6.53. The molecule has 1 aliphatic rings. The summed E-state index contributed by atoms with van der Waals surface area (Å²) in [5.41, 5.74) is 1.73. The van der Waals surface area contributed by atoms with Gasteiger partial charge in [0.05, 0.1) is 18.9 Å². The van der Waals surface area contributed by atoms with Crippen molar-refractivity contribution in [2.24, 2.45) is 11.8 Å². The van der Waals surface area contributed by atoms with E-state index in [0.29, 0.717) is 11.5 Å². The zero-order chi connectivity index (χ0) is 31.8. The van der Waals surface area contributed by atoms with E-state index in [0.717, 1.165) is 16.9 Å². The third kappa shape index (κ3) is 9.07. The summed E-state index contributed by atoms with van der Waals surface area (Å²) in [5, 5.41) is 0. The SMILES string of the molecule is COc1cc(C2C(C(=O)O[Si](C)(C)C)C(c3ccc(O[Si](C)(C)C)cc3)C2C(=O)O[Si](C)(C)C)ccc1O[Si](C)(C)C. The first-order valence-corrected chi connectivity index (χ1v) is 28.3. The van der Waals surface area contributed by atoms with E-state index >= 15 is 0 Å². The number of hydrogen-bond donors (Lipinski definition) is 0. The van der Waals surface area contributed by atoms with Crippen LogP contribution >= 0.6 is 0 Å². The van der Waals surface area contributed by atoms with Crippen molar-refractivity contribution in [1.29, 1.82) is 0 Å². The molecular weight excluding hydrogens is 597 g/mol. The van der Waals surface area contributed by atoms with E-state index in [1.807, 2.05) is 81.7 Å². The lowest BCUT2D eigenvalue weighted by Gasteiger charge is -2.51. The second-order valence-corrected chi connectivity index (χ2v) is 32.8. The van der Waals surface area contributed by atoms with Crippen LogP contribution in [-0.2, 0) is 18.4 Å². The first kappa shape index (κ1) is 34.1. The van der Waals surface area contributed by atoms with E-state index in [1.54, 1.807) is 7.11 Å². The Balaban J connectivity index is 2.15. The van der Waals surface area contributed by atoms with Gasteiger partial charge in [0.2, 0.25) is 33.3 Å². The Morgan fingerprint density at radius 3 is 1.38 bits per heavy atom. The molecule has 0 bridgehead atoms. The molecule has 0 radical (unpaired) electrons. The van der Waals surface area contributed by atoms with Gasteiger partial charge < -0.3 is 22.4 Å². The molecule has 2 unspecified atom stereocenters. The molecule has 0 amide bonds. The highest BCUT2D eigenvalue weighted by Crippen LogP contribution is 2.59. The molecular formula is C31H50O7Si4. The second-order valence-electron chi connectivity index (χ2n) is 15.1. The summed E-state index contributed by atoms with van der Waals surface area (Å²) in [6.07, 6.45) is 0. The Bertz CT molecular complexity index is 1230. The fourth-order valence-corrected chi connectivity index (χ4v) is 8.47. The van der Waals surface area contributed by atoms with Crippen molar-refractivity contribution in [1.82, 2.24) is 0 Å². The lowest BCUT2D eigenvalue weighted by molar-refractivity contribution is -0.157. The molecule has 1 saturated carbocycles. The van der Waals surface area contributed by atoms with E-state index in [9.17, 15) is 9.59 Å². The molecule has 42 heavy (non-hydrogen) atoms. The Kier molecular flexibility index (Phi) is 10.0. The largest absolute Gasteiger partial charge is 0.544 e. The van der Waals surface area contributed by atoms with Gasteiger partial charge in [-0.15, -0.1) is 0 Å². The molecule has 2 aromatic rings. The second kappa shape index (κ2) is 12.3. The number of hydrogen-bond acceptors (Lipinski definition) is 7. The van der Waals surface area contributed by atoms with Gasteiger partial charge in [0.25, 0.3) is 11.9 Å². The van der Waals surface area contributed by atoms with Crippen LogP contribution in [0, 0.1) is 11.8 Å². The third-order valence-electron chi connectivity index (χ3n) is 6.58. The minimum absolute atomic E-state index is 0.273. The summed E-state index contributed by atoms with van der Waals surface area (Å²) < 4.78 is 30.4. The molecule has 11 heteroatoms. The van der Waals surface area contributed by atoms with E-state index < -0.39 is 56.9 Å². The number of rotatable bonds is 11. The van der Waals surface area contributed by atoms with Crippen LogP contribution in [0.25, 0.3) is 0 Å². The molecule has 0 N–H and O–H groups in total. The van der Waals surface area contributed by atoms with Gasteiger partial charge in [0.15, 0.2) is 5.75 Å². The predicted molar refractivity (Wildman–Crippen MR) is 179 cm³/mol. The van der Waals surface area contributed by atoms with Crippen LogP contribution in [0.4, 0.5) is 0 Å². The maximum Gasteiger partial charge on any atom is 0.296 e. The molecule has 2 aromatic carbocycles. The zero-order valence-corrected chi connectivity index (χ0v) is 31.7. The van der Waals surface area contributed by atoms with E-state index in [2.05, 4.69) is 39.3 Å². The normalized spacial score (nSPS) is 21.2. The smallest absolute Gasteiger partial charge is 0.296 e. The van der Waals surface area contributed by atoms with Crippen LogP contribution in [0.1, 0.15) is 23.0 Å². The summed E-state index contributed by atoms with van der Waals surface area (Å²) >= 11 is 0. The molecule has 0 aliphatic heterocycles. The zero-order valence-electron chi connectivity index (χ0n) is 27.7. The number of ether oxygens (including phenoxy) is 1. The minimum atomic E-state index is -2.22. The van der Waals surface area contributed by atoms with E-state index in [-0.39, 0.29) is 11.9 Å². The minimum Gasteiger partial charge on any atom is -0.544 e. The van der Waals surface area contributed by atoms with Crippen LogP contribution in [0.2, 0.25) is 78.6 Å². The van der Waals surface area contributed by atoms with Crippen molar-refractivity contribution < 1.29 is 32.0 Å². The van der Waals surface area contributed by atoms with Crippen molar-refractivity contribution in [3.05, 3.63) is 53.6 Å². The molecule has 0 saturated heterocycles. The summed E-state index contributed by atoms with van der Waals surface area (Å²) in [5.74, 6) is -0.462. The Hall–Kier alpha value is -2.35. The number of carbonyl (C=O) groups excluding carboxylic acids is 2. The van der Waals surface area contributed by atoms with E-state index in [1.165, 1.54) is 0 Å². The van der Waals surface area contributed by atoms with Crippen LogP contribution < -0.4 is 13.6 Å². The Labute approximate surface area is 256 Å². The lowest BCUT2D eigenvalue weighted by Crippen LogP contribution is -2.54. The molecule has 1 fully saturated rings. The highest BCUT2D eigenvalue weighted by Gasteiger charge is 2.60. The highest BCUT2D eigenvalue weighted by atomic mass is 28.4. The van der Waals surface area contributed by atoms with Gasteiger partial charge in [-0.25, -0.2) is 0 Å². The number of carbonyl (C=O) groups is 2. The first-order valence-electron chi connectivity index (χ1n) is 14.7. The average Bonchev–Trinajstić information content (AvgIpc) is 2.76. The van der Waals surface area contributed by atoms with Crippen molar-refractivity contribution in [3.63, 3.8) is 0 Å². The van der Waals surface area contributed by atoms with Gasteiger partial charge in [0, 0.05) is 11.8 Å². The van der Waals surface area contributed by atoms with Gasteiger partial charge in [-0.05, 0) is 114 Å². The fraction of sp³-hybridized carbons (Fsp3) is 0.548. The molecule has 0 heterocycles. The van der Waals surface area contributed by atoms with Gasteiger partial charge >= 0.3 is 0 Å². The average molecular weight is 647 g/mol. The third-order valence-corrected chi connectivity index (χ3v) is 9.89. The summed E-state index contributed by atoms with van der Waals surface area (Å²) in [6.45, 7) is 24.7. The van der Waals surface area contributed by atoms with Crippen molar-refractivity contribution >= 4 is 45.2 Å². The lowest BCUT2D eigenvalue weighted by atomic mass is 9.52. The van der Waals surface area contributed by atoms with Gasteiger partial charge in [-0.1, -0.05) is 18.2 Å². The Morgan fingerprint density at radius 1 is 0.548 bits per heavy atom. The van der Waals surface area contributed by atoms with Crippen molar-refractivity contribution in [3.8, 4) is 17.2 Å². The van der Waals surface area contributed by atoms with Crippen LogP contribution in [-0.4, -0.2) is 52.3 Å². The maximum absolute atomic E-state index is 13.9. The molecule has 2 atom stereocenters. The van der Waals surface area contributed by atoms with Crippen molar-refractivity contribution in [2.45, 2.75) is 90.4 Å². The molecule has 7 nitrogen and oxygen atoms in total. The fourth-order valence-electron chi connectivity index (χ4n) is 5.32. The van der Waals surface area contributed by atoms with Crippen molar-refractivity contribution in [2.75, 3.05) is 7.11 Å². The maximum atomic E-state index is 13.9. The Morgan fingerprint density at radius 2 is 0.976 bits per heavy atom. The summed E-state index contributed by atoms with van der Waals surface area (Å²) in [6, 6.07) is 13.6. The standard InChI is InChI=1S/C31H50O7Si4/c1-34-25-20-22(16-19-24(25)36-40(5,6)7)27-28(30(32)37-41(8,9)10)26(29(27)31(33)38-42(11,12)13)21-14-17-23(18-15-21)35-39(2,3)4/h14-20,26-29H,1-13H3. The monoisotopic (exact) mass is 646 g/mol. The van der Waals surface area contributed by atoms with Gasteiger partial charge in [0.1, 0.15) is 11.5 Å². The molecule has 0 aromatic heterocycles. The van der Waals surface area contributed by atoms with Crippen LogP contribution in [0.3, 0.4) is 0 Å². The van der Waals surface area contributed by atoms with Crippen LogP contribution in [0.15, 0.2) is 42.5 Å². The molecule has 1 aliphatic carbocycles. The van der Waals surface area contributed by atoms with Crippen LogP contribution in [0.5, 0.6) is 17.2 Å². The molecule has 232 valence electrons. The quantitative estimate of drug-likeness (QED) is 0.229.